The molecular formula is C17H15ClN2O. The number of hydrogen-bond donors (Lipinski definition) is 1. The van der Waals surface area contributed by atoms with Crippen molar-refractivity contribution in [3.05, 3.63) is 83.1 Å². The average Bonchev–Trinajstić information content (AvgIpc) is 2.98. The minimum absolute atomic E-state index is 0.515. The van der Waals surface area contributed by atoms with E-state index in [0.29, 0.717) is 11.4 Å². The number of benzene rings is 2. The number of halogens is 1. The van der Waals surface area contributed by atoms with Crippen molar-refractivity contribution < 1.29 is 5.11 Å². The first-order chi connectivity index (χ1) is 10.2. The van der Waals surface area contributed by atoms with E-state index in [1.165, 1.54) is 0 Å². The molecule has 0 amide bonds. The van der Waals surface area contributed by atoms with Gasteiger partial charge in [0.05, 0.1) is 18.0 Å². The van der Waals surface area contributed by atoms with Gasteiger partial charge in [-0.05, 0) is 29.8 Å². The maximum absolute atomic E-state index is 10.3. The monoisotopic (exact) mass is 298 g/mol. The smallest absolute Gasteiger partial charge is 0.0860 e. The van der Waals surface area contributed by atoms with Gasteiger partial charge in [0.2, 0.25) is 0 Å². The highest BCUT2D eigenvalue weighted by molar-refractivity contribution is 6.30. The highest BCUT2D eigenvalue weighted by Gasteiger charge is 2.12. The van der Waals surface area contributed by atoms with Crippen molar-refractivity contribution in [1.82, 2.24) is 9.78 Å². The minimum atomic E-state index is -0.596. The van der Waals surface area contributed by atoms with Crippen LogP contribution in [-0.2, 0) is 6.42 Å². The molecule has 0 saturated carbocycles. The summed E-state index contributed by atoms with van der Waals surface area (Å²) in [5.41, 5.74) is 2.76. The van der Waals surface area contributed by atoms with Crippen LogP contribution in [0.3, 0.4) is 0 Å². The number of aliphatic hydroxyl groups excluding tert-OH is 1. The predicted octanol–water partition coefficient (Wildman–Crippen LogP) is 3.80. The molecule has 3 rings (SSSR count). The Morgan fingerprint density at radius 2 is 1.90 bits per heavy atom. The molecule has 106 valence electrons. The Morgan fingerprint density at radius 1 is 1.10 bits per heavy atom. The molecular weight excluding hydrogens is 284 g/mol. The quantitative estimate of drug-likeness (QED) is 0.795. The summed E-state index contributed by atoms with van der Waals surface area (Å²) in [4.78, 5) is 0. The molecule has 1 atom stereocenters. The molecule has 21 heavy (non-hydrogen) atoms. The molecule has 1 heterocycles. The largest absolute Gasteiger partial charge is 0.388 e. The van der Waals surface area contributed by atoms with Gasteiger partial charge >= 0.3 is 0 Å². The molecule has 0 aliphatic rings. The Hall–Kier alpha value is -2.10. The summed E-state index contributed by atoms with van der Waals surface area (Å²) in [6.45, 7) is 0. The fourth-order valence-electron chi connectivity index (χ4n) is 2.24. The number of aromatic nitrogens is 2. The van der Waals surface area contributed by atoms with Gasteiger partial charge < -0.3 is 5.11 Å². The van der Waals surface area contributed by atoms with Crippen LogP contribution in [0, 0.1) is 0 Å². The SMILES string of the molecule is OC(Cc1cccc(Cl)c1)c1cnn(-c2ccccc2)c1. The Balaban J connectivity index is 1.77. The van der Waals surface area contributed by atoms with Gasteiger partial charge in [-0.2, -0.15) is 5.10 Å². The molecule has 4 heteroatoms. The second-order valence-electron chi connectivity index (χ2n) is 4.90. The topological polar surface area (TPSA) is 38.1 Å². The summed E-state index contributed by atoms with van der Waals surface area (Å²) in [5, 5.41) is 15.3. The van der Waals surface area contributed by atoms with Crippen LogP contribution in [0.25, 0.3) is 5.69 Å². The third kappa shape index (κ3) is 3.32. The molecule has 0 radical (unpaired) electrons. The van der Waals surface area contributed by atoms with Crippen LogP contribution >= 0.6 is 11.6 Å². The van der Waals surface area contributed by atoms with E-state index < -0.39 is 6.10 Å². The number of nitrogens with zero attached hydrogens (tertiary/aromatic N) is 2. The zero-order valence-electron chi connectivity index (χ0n) is 11.4. The number of hydrogen-bond acceptors (Lipinski definition) is 2. The van der Waals surface area contributed by atoms with Crippen molar-refractivity contribution in [1.29, 1.82) is 0 Å². The molecule has 1 unspecified atom stereocenters. The molecule has 0 spiro atoms. The Labute approximate surface area is 128 Å². The third-order valence-corrected chi connectivity index (χ3v) is 3.56. The van der Waals surface area contributed by atoms with E-state index >= 15 is 0 Å². The first-order valence-corrected chi connectivity index (χ1v) is 7.13. The molecule has 0 aliphatic carbocycles. The summed E-state index contributed by atoms with van der Waals surface area (Å²) in [7, 11) is 0. The van der Waals surface area contributed by atoms with Crippen molar-refractivity contribution in [2.75, 3.05) is 0 Å². The van der Waals surface area contributed by atoms with E-state index in [1.807, 2.05) is 60.8 Å². The Morgan fingerprint density at radius 3 is 2.67 bits per heavy atom. The highest BCUT2D eigenvalue weighted by Crippen LogP contribution is 2.21. The van der Waals surface area contributed by atoms with Crippen molar-refractivity contribution >= 4 is 11.6 Å². The summed E-state index contributed by atoms with van der Waals surface area (Å²) >= 11 is 5.96. The fraction of sp³-hybridized carbons (Fsp3) is 0.118. The molecule has 3 aromatic rings. The number of rotatable bonds is 4. The van der Waals surface area contributed by atoms with E-state index in [-0.39, 0.29) is 0 Å². The Bertz CT molecular complexity index is 724. The molecule has 0 bridgehead atoms. The van der Waals surface area contributed by atoms with Crippen LogP contribution < -0.4 is 0 Å². The number of para-hydroxylation sites is 1. The number of aliphatic hydroxyl groups is 1. The lowest BCUT2D eigenvalue weighted by Gasteiger charge is -2.08. The van der Waals surface area contributed by atoms with E-state index in [1.54, 1.807) is 10.9 Å². The van der Waals surface area contributed by atoms with Crippen molar-refractivity contribution in [3.63, 3.8) is 0 Å². The maximum atomic E-state index is 10.3. The second-order valence-corrected chi connectivity index (χ2v) is 5.34. The molecule has 1 aromatic heterocycles. The van der Waals surface area contributed by atoms with Crippen molar-refractivity contribution in [2.45, 2.75) is 12.5 Å². The zero-order chi connectivity index (χ0) is 14.7. The van der Waals surface area contributed by atoms with E-state index in [9.17, 15) is 5.11 Å². The zero-order valence-corrected chi connectivity index (χ0v) is 12.1. The summed E-state index contributed by atoms with van der Waals surface area (Å²) in [6, 6.07) is 17.4. The molecule has 1 N–H and O–H groups in total. The van der Waals surface area contributed by atoms with Gasteiger partial charge in [0, 0.05) is 23.2 Å². The third-order valence-electron chi connectivity index (χ3n) is 3.33. The van der Waals surface area contributed by atoms with E-state index in [0.717, 1.165) is 16.8 Å². The van der Waals surface area contributed by atoms with Crippen LogP contribution in [0.2, 0.25) is 5.02 Å². The maximum Gasteiger partial charge on any atom is 0.0860 e. The summed E-state index contributed by atoms with van der Waals surface area (Å²) in [5.74, 6) is 0. The summed E-state index contributed by atoms with van der Waals surface area (Å²) in [6.07, 6.45) is 3.47. The first-order valence-electron chi connectivity index (χ1n) is 6.75. The van der Waals surface area contributed by atoms with Crippen LogP contribution in [0.4, 0.5) is 0 Å². The van der Waals surface area contributed by atoms with Crippen molar-refractivity contribution in [2.24, 2.45) is 0 Å². The molecule has 2 aromatic carbocycles. The minimum Gasteiger partial charge on any atom is -0.388 e. The normalized spacial score (nSPS) is 12.3. The Kier molecular flexibility index (Phi) is 4.04. The molecule has 0 aliphatic heterocycles. The van der Waals surface area contributed by atoms with Gasteiger partial charge in [-0.25, -0.2) is 4.68 Å². The molecule has 3 nitrogen and oxygen atoms in total. The lowest BCUT2D eigenvalue weighted by molar-refractivity contribution is 0.178. The van der Waals surface area contributed by atoms with E-state index in [4.69, 9.17) is 11.6 Å². The van der Waals surface area contributed by atoms with Crippen LogP contribution in [0.15, 0.2) is 67.0 Å². The summed E-state index contributed by atoms with van der Waals surface area (Å²) < 4.78 is 1.76. The lowest BCUT2D eigenvalue weighted by Crippen LogP contribution is -2.01. The lowest BCUT2D eigenvalue weighted by atomic mass is 10.0. The first kappa shape index (κ1) is 13.9. The standard InChI is InChI=1S/C17H15ClN2O/c18-15-6-4-5-13(9-15)10-17(21)14-11-19-20(12-14)16-7-2-1-3-8-16/h1-9,11-12,17,21H,10H2. The average molecular weight is 299 g/mol. The fourth-order valence-corrected chi connectivity index (χ4v) is 2.45. The molecule has 0 fully saturated rings. The van der Waals surface area contributed by atoms with Crippen LogP contribution in [0.1, 0.15) is 17.2 Å². The van der Waals surface area contributed by atoms with Crippen LogP contribution in [-0.4, -0.2) is 14.9 Å². The van der Waals surface area contributed by atoms with Crippen molar-refractivity contribution in [3.8, 4) is 5.69 Å². The predicted molar refractivity (Wildman–Crippen MR) is 83.7 cm³/mol. The molecule has 0 saturated heterocycles. The van der Waals surface area contributed by atoms with Crippen LogP contribution in [0.5, 0.6) is 0 Å². The van der Waals surface area contributed by atoms with Gasteiger partial charge in [-0.15, -0.1) is 0 Å². The van der Waals surface area contributed by atoms with Gasteiger partial charge in [0.15, 0.2) is 0 Å². The second kappa shape index (κ2) is 6.12. The van der Waals surface area contributed by atoms with Gasteiger partial charge in [-0.1, -0.05) is 41.9 Å². The van der Waals surface area contributed by atoms with E-state index in [2.05, 4.69) is 5.10 Å². The van der Waals surface area contributed by atoms with Gasteiger partial charge in [0.1, 0.15) is 0 Å². The highest BCUT2D eigenvalue weighted by atomic mass is 35.5. The van der Waals surface area contributed by atoms with Gasteiger partial charge in [0.25, 0.3) is 0 Å². The van der Waals surface area contributed by atoms with Gasteiger partial charge in [-0.3, -0.25) is 0 Å².